The Kier molecular flexibility index (Phi) is 5.78. The number of rotatable bonds is 4. The molecule has 27 heavy (non-hydrogen) atoms. The zero-order valence-electron chi connectivity index (χ0n) is 14.3. The van der Waals surface area contributed by atoms with Crippen LogP contribution in [0.4, 0.5) is 11.4 Å². The van der Waals surface area contributed by atoms with Crippen LogP contribution in [0.5, 0.6) is 11.5 Å². The SMILES string of the molecule is CCC(=O)Nc1ccc(Cl)c(NC(=S)NC(=O)c2ccc3c(c2)OCO3)c1. The summed E-state index contributed by atoms with van der Waals surface area (Å²) in [5.74, 6) is 0.563. The second-order valence-electron chi connectivity index (χ2n) is 5.57. The molecule has 1 aliphatic heterocycles. The monoisotopic (exact) mass is 405 g/mol. The Hall–Kier alpha value is -2.84. The summed E-state index contributed by atoms with van der Waals surface area (Å²) in [6.07, 6.45) is 0.357. The number of thiocarbonyl (C=S) groups is 1. The quantitative estimate of drug-likeness (QED) is 0.674. The molecule has 0 saturated heterocycles. The van der Waals surface area contributed by atoms with Crippen molar-refractivity contribution in [1.29, 1.82) is 0 Å². The number of halogens is 1. The Balaban J connectivity index is 1.66. The molecule has 2 amide bonds. The van der Waals surface area contributed by atoms with Crippen molar-refractivity contribution in [3.63, 3.8) is 0 Å². The maximum absolute atomic E-state index is 12.4. The van der Waals surface area contributed by atoms with Crippen LogP contribution >= 0.6 is 23.8 Å². The molecule has 0 unspecified atom stereocenters. The maximum atomic E-state index is 12.4. The van der Waals surface area contributed by atoms with Crippen LogP contribution in [0.25, 0.3) is 0 Å². The van der Waals surface area contributed by atoms with Gasteiger partial charge in [-0.15, -0.1) is 0 Å². The van der Waals surface area contributed by atoms with Crippen molar-refractivity contribution in [1.82, 2.24) is 5.32 Å². The zero-order chi connectivity index (χ0) is 19.4. The molecule has 3 N–H and O–H groups in total. The number of ether oxygens (including phenoxy) is 2. The van der Waals surface area contributed by atoms with Gasteiger partial charge in [0.1, 0.15) is 0 Å². The fourth-order valence-electron chi connectivity index (χ4n) is 2.31. The van der Waals surface area contributed by atoms with Crippen molar-refractivity contribution in [2.24, 2.45) is 0 Å². The number of benzene rings is 2. The molecular formula is C18H16ClN3O4S. The Morgan fingerprint density at radius 3 is 2.67 bits per heavy atom. The summed E-state index contributed by atoms with van der Waals surface area (Å²) >= 11 is 11.3. The van der Waals surface area contributed by atoms with Gasteiger partial charge >= 0.3 is 0 Å². The summed E-state index contributed by atoms with van der Waals surface area (Å²) in [5.41, 5.74) is 1.40. The van der Waals surface area contributed by atoms with Crippen LogP contribution in [-0.2, 0) is 4.79 Å². The molecule has 0 fully saturated rings. The summed E-state index contributed by atoms with van der Waals surface area (Å²) in [6.45, 7) is 1.88. The average Bonchev–Trinajstić information content (AvgIpc) is 3.12. The van der Waals surface area contributed by atoms with E-state index in [0.29, 0.717) is 39.9 Å². The Morgan fingerprint density at radius 2 is 1.89 bits per heavy atom. The minimum absolute atomic E-state index is 0.0681. The molecule has 0 radical (unpaired) electrons. The number of hydrogen-bond donors (Lipinski definition) is 3. The van der Waals surface area contributed by atoms with Gasteiger partial charge in [-0.1, -0.05) is 18.5 Å². The largest absolute Gasteiger partial charge is 0.454 e. The van der Waals surface area contributed by atoms with Gasteiger partial charge in [-0.05, 0) is 48.6 Å². The van der Waals surface area contributed by atoms with E-state index in [-0.39, 0.29) is 17.8 Å². The van der Waals surface area contributed by atoms with Crippen molar-refractivity contribution in [3.05, 3.63) is 47.0 Å². The number of nitrogens with one attached hydrogen (secondary N) is 3. The van der Waals surface area contributed by atoms with E-state index in [1.807, 2.05) is 0 Å². The summed E-state index contributed by atoms with van der Waals surface area (Å²) in [4.78, 5) is 23.9. The molecule has 0 atom stereocenters. The second kappa shape index (κ2) is 8.24. The predicted molar refractivity (Wildman–Crippen MR) is 107 cm³/mol. The highest BCUT2D eigenvalue weighted by Crippen LogP contribution is 2.32. The maximum Gasteiger partial charge on any atom is 0.257 e. The molecule has 3 rings (SSSR count). The lowest BCUT2D eigenvalue weighted by Crippen LogP contribution is -2.34. The Bertz CT molecular complexity index is 919. The van der Waals surface area contributed by atoms with E-state index in [0.717, 1.165) is 0 Å². The number of carbonyl (C=O) groups is 2. The molecule has 0 spiro atoms. The molecule has 0 aromatic heterocycles. The predicted octanol–water partition coefficient (Wildman–Crippen LogP) is 3.54. The van der Waals surface area contributed by atoms with E-state index in [4.69, 9.17) is 33.3 Å². The molecule has 1 aliphatic rings. The van der Waals surface area contributed by atoms with Crippen LogP contribution in [0.3, 0.4) is 0 Å². The average molecular weight is 406 g/mol. The van der Waals surface area contributed by atoms with Gasteiger partial charge in [0.25, 0.3) is 5.91 Å². The van der Waals surface area contributed by atoms with Crippen LogP contribution in [-0.4, -0.2) is 23.7 Å². The number of fused-ring (bicyclic) bond motifs is 1. The zero-order valence-corrected chi connectivity index (χ0v) is 15.9. The molecule has 0 bridgehead atoms. The lowest BCUT2D eigenvalue weighted by molar-refractivity contribution is -0.115. The minimum Gasteiger partial charge on any atom is -0.454 e. The second-order valence-corrected chi connectivity index (χ2v) is 6.39. The van der Waals surface area contributed by atoms with Crippen molar-refractivity contribution >= 4 is 52.1 Å². The van der Waals surface area contributed by atoms with E-state index in [2.05, 4.69) is 16.0 Å². The first-order valence-corrected chi connectivity index (χ1v) is 8.86. The van der Waals surface area contributed by atoms with Gasteiger partial charge < -0.3 is 20.1 Å². The van der Waals surface area contributed by atoms with E-state index in [9.17, 15) is 9.59 Å². The Labute approximate surface area is 166 Å². The van der Waals surface area contributed by atoms with Crippen LogP contribution in [0, 0.1) is 0 Å². The van der Waals surface area contributed by atoms with E-state index in [1.165, 1.54) is 0 Å². The van der Waals surface area contributed by atoms with Crippen LogP contribution in [0.15, 0.2) is 36.4 Å². The van der Waals surface area contributed by atoms with Crippen molar-refractivity contribution in [3.8, 4) is 11.5 Å². The van der Waals surface area contributed by atoms with Gasteiger partial charge in [-0.2, -0.15) is 0 Å². The molecule has 1 heterocycles. The lowest BCUT2D eigenvalue weighted by atomic mass is 10.2. The highest BCUT2D eigenvalue weighted by molar-refractivity contribution is 7.80. The molecule has 140 valence electrons. The number of anilines is 2. The Morgan fingerprint density at radius 1 is 1.11 bits per heavy atom. The summed E-state index contributed by atoms with van der Waals surface area (Å²) in [5, 5.41) is 8.62. The molecule has 7 nitrogen and oxygen atoms in total. The standard InChI is InChI=1S/C18H16ClN3O4S/c1-2-16(23)20-11-4-5-12(19)13(8-11)21-18(27)22-17(24)10-3-6-14-15(7-10)26-9-25-14/h3-8H,2,9H2,1H3,(H,20,23)(H2,21,22,24,27). The van der Waals surface area contributed by atoms with E-state index < -0.39 is 5.91 Å². The highest BCUT2D eigenvalue weighted by atomic mass is 35.5. The van der Waals surface area contributed by atoms with Gasteiger partial charge in [0, 0.05) is 17.7 Å². The summed E-state index contributed by atoms with van der Waals surface area (Å²) in [6, 6.07) is 9.78. The third kappa shape index (κ3) is 4.66. The van der Waals surface area contributed by atoms with Crippen molar-refractivity contribution in [2.45, 2.75) is 13.3 Å². The third-order valence-corrected chi connectivity index (χ3v) is 4.21. The fourth-order valence-corrected chi connectivity index (χ4v) is 2.68. The van der Waals surface area contributed by atoms with Gasteiger partial charge in [0.05, 0.1) is 10.7 Å². The first-order chi connectivity index (χ1) is 13.0. The molecule has 2 aromatic rings. The number of carbonyl (C=O) groups excluding carboxylic acids is 2. The first kappa shape index (κ1) is 18.9. The van der Waals surface area contributed by atoms with Gasteiger partial charge in [-0.25, -0.2) is 0 Å². The highest BCUT2D eigenvalue weighted by Gasteiger charge is 2.17. The molecular weight excluding hydrogens is 390 g/mol. The molecule has 0 aliphatic carbocycles. The normalized spacial score (nSPS) is 11.6. The van der Waals surface area contributed by atoms with Gasteiger partial charge in [0.15, 0.2) is 16.6 Å². The van der Waals surface area contributed by atoms with E-state index in [1.54, 1.807) is 43.3 Å². The van der Waals surface area contributed by atoms with Crippen LogP contribution in [0.2, 0.25) is 5.02 Å². The fraction of sp³-hybridized carbons (Fsp3) is 0.167. The number of amides is 2. The summed E-state index contributed by atoms with van der Waals surface area (Å²) < 4.78 is 10.5. The molecule has 9 heteroatoms. The number of hydrogen-bond acceptors (Lipinski definition) is 5. The van der Waals surface area contributed by atoms with Crippen molar-refractivity contribution < 1.29 is 19.1 Å². The third-order valence-electron chi connectivity index (χ3n) is 3.68. The first-order valence-electron chi connectivity index (χ1n) is 8.07. The lowest BCUT2D eigenvalue weighted by Gasteiger charge is -2.13. The topological polar surface area (TPSA) is 88.7 Å². The van der Waals surface area contributed by atoms with Crippen molar-refractivity contribution in [2.75, 3.05) is 17.4 Å². The van der Waals surface area contributed by atoms with E-state index >= 15 is 0 Å². The van der Waals surface area contributed by atoms with Crippen LogP contribution < -0.4 is 25.4 Å². The summed E-state index contributed by atoms with van der Waals surface area (Å²) in [7, 11) is 0. The molecule has 2 aromatic carbocycles. The van der Waals surface area contributed by atoms with Gasteiger partial charge in [-0.3, -0.25) is 14.9 Å². The van der Waals surface area contributed by atoms with Crippen LogP contribution in [0.1, 0.15) is 23.7 Å². The molecule has 0 saturated carbocycles. The van der Waals surface area contributed by atoms with Gasteiger partial charge in [0.2, 0.25) is 12.7 Å². The smallest absolute Gasteiger partial charge is 0.257 e. The minimum atomic E-state index is -0.405.